The minimum absolute atomic E-state index is 0.0688. The third-order valence-electron chi connectivity index (χ3n) is 5.47. The van der Waals surface area contributed by atoms with Crippen molar-refractivity contribution in [3.05, 3.63) is 65.6 Å². The van der Waals surface area contributed by atoms with Gasteiger partial charge in [-0.15, -0.1) is 0 Å². The van der Waals surface area contributed by atoms with Gasteiger partial charge in [0.1, 0.15) is 17.3 Å². The predicted octanol–water partition coefficient (Wildman–Crippen LogP) is 4.85. The van der Waals surface area contributed by atoms with Gasteiger partial charge in [-0.25, -0.2) is 14.2 Å². The number of anilines is 1. The number of nitrogens with zero attached hydrogens (tertiary/aromatic N) is 1. The number of phenolic OH excluding ortho intramolecular Hbond substituents is 1. The van der Waals surface area contributed by atoms with Gasteiger partial charge < -0.3 is 20.6 Å². The number of pyridine rings is 1. The standard InChI is InChI=1S/C23H22F4N2O4/c1-21(2,15-10-13(24)6-9-19(15)30)11-22(33,23(25,26)27)12-28-16-4-3-5-17-14(16)7-8-18(29-17)20(31)32/h3-10,28,30,33H,11-12H2,1-2H3,(H,31,32). The second-order valence-corrected chi connectivity index (χ2v) is 8.48. The fourth-order valence-corrected chi connectivity index (χ4v) is 3.81. The first-order valence-electron chi connectivity index (χ1n) is 9.89. The summed E-state index contributed by atoms with van der Waals surface area (Å²) in [4.78, 5) is 15.1. The summed E-state index contributed by atoms with van der Waals surface area (Å²) in [5.74, 6) is -2.36. The summed E-state index contributed by atoms with van der Waals surface area (Å²) in [6, 6.07) is 10.1. The number of alkyl halides is 3. The van der Waals surface area contributed by atoms with Gasteiger partial charge in [-0.2, -0.15) is 13.2 Å². The number of aromatic carboxylic acids is 1. The van der Waals surface area contributed by atoms with Crippen molar-refractivity contribution >= 4 is 22.6 Å². The Morgan fingerprint density at radius 2 is 1.79 bits per heavy atom. The van der Waals surface area contributed by atoms with Gasteiger partial charge in [0.15, 0.2) is 5.60 Å². The van der Waals surface area contributed by atoms with Crippen LogP contribution in [0.3, 0.4) is 0 Å². The fraction of sp³-hybridized carbons (Fsp3) is 0.304. The second-order valence-electron chi connectivity index (χ2n) is 8.48. The number of halogens is 4. The number of carboxylic acid groups (broad SMARTS) is 1. The number of nitrogens with one attached hydrogen (secondary N) is 1. The van der Waals surface area contributed by atoms with Crippen LogP contribution < -0.4 is 5.32 Å². The van der Waals surface area contributed by atoms with Gasteiger partial charge in [0.05, 0.1) is 12.1 Å². The molecule has 2 aromatic carbocycles. The lowest BCUT2D eigenvalue weighted by Crippen LogP contribution is -2.53. The van der Waals surface area contributed by atoms with E-state index in [0.717, 1.165) is 18.2 Å². The number of phenols is 1. The largest absolute Gasteiger partial charge is 0.508 e. The van der Waals surface area contributed by atoms with Crippen LogP contribution >= 0.6 is 0 Å². The van der Waals surface area contributed by atoms with Crippen LogP contribution in [-0.4, -0.2) is 44.6 Å². The zero-order chi connectivity index (χ0) is 24.6. The van der Waals surface area contributed by atoms with E-state index in [1.165, 1.54) is 44.2 Å². The Kier molecular flexibility index (Phi) is 6.25. The number of carbonyl (C=O) groups is 1. The molecule has 1 unspecified atom stereocenters. The third kappa shape index (κ3) is 5.00. The Hall–Kier alpha value is -3.40. The molecular formula is C23H22F4N2O4. The Labute approximate surface area is 186 Å². The number of aromatic nitrogens is 1. The van der Waals surface area contributed by atoms with E-state index in [-0.39, 0.29) is 28.2 Å². The summed E-state index contributed by atoms with van der Waals surface area (Å²) in [6.07, 6.45) is -5.93. The second kappa shape index (κ2) is 8.51. The maximum atomic E-state index is 14.0. The van der Waals surface area contributed by atoms with E-state index in [4.69, 9.17) is 5.11 Å². The fourth-order valence-electron chi connectivity index (χ4n) is 3.81. The van der Waals surface area contributed by atoms with Gasteiger partial charge in [-0.1, -0.05) is 19.9 Å². The van der Waals surface area contributed by atoms with Crippen LogP contribution in [0.2, 0.25) is 0 Å². The van der Waals surface area contributed by atoms with Crippen molar-refractivity contribution in [2.24, 2.45) is 0 Å². The highest BCUT2D eigenvalue weighted by molar-refractivity contribution is 5.95. The molecular weight excluding hydrogens is 444 g/mol. The molecule has 0 bridgehead atoms. The summed E-state index contributed by atoms with van der Waals surface area (Å²) < 4.78 is 55.6. The molecule has 1 atom stereocenters. The maximum absolute atomic E-state index is 14.0. The van der Waals surface area contributed by atoms with Crippen molar-refractivity contribution in [3.63, 3.8) is 0 Å². The molecule has 0 aliphatic carbocycles. The molecule has 10 heteroatoms. The predicted molar refractivity (Wildman–Crippen MR) is 114 cm³/mol. The lowest BCUT2D eigenvalue weighted by molar-refractivity contribution is -0.260. The normalized spacial score (nSPS) is 14.2. The number of benzene rings is 2. The first-order valence-corrected chi connectivity index (χ1v) is 9.89. The molecule has 176 valence electrons. The highest BCUT2D eigenvalue weighted by atomic mass is 19.4. The lowest BCUT2D eigenvalue weighted by Gasteiger charge is -2.38. The molecule has 6 nitrogen and oxygen atoms in total. The molecule has 3 aromatic rings. The Morgan fingerprint density at radius 1 is 1.09 bits per heavy atom. The molecule has 33 heavy (non-hydrogen) atoms. The van der Waals surface area contributed by atoms with Gasteiger partial charge in [0, 0.05) is 16.6 Å². The van der Waals surface area contributed by atoms with Gasteiger partial charge in [-0.05, 0) is 54.3 Å². The average Bonchev–Trinajstić information content (AvgIpc) is 2.72. The van der Waals surface area contributed by atoms with Crippen molar-refractivity contribution in [2.75, 3.05) is 11.9 Å². The summed E-state index contributed by atoms with van der Waals surface area (Å²) in [6.45, 7) is 1.79. The molecule has 0 amide bonds. The minimum Gasteiger partial charge on any atom is -0.508 e. The molecule has 0 aliphatic rings. The Morgan fingerprint density at radius 3 is 2.42 bits per heavy atom. The van der Waals surface area contributed by atoms with Crippen molar-refractivity contribution in [1.82, 2.24) is 4.98 Å². The van der Waals surface area contributed by atoms with Crippen LogP contribution in [0.5, 0.6) is 5.75 Å². The van der Waals surface area contributed by atoms with Crippen LogP contribution in [0.1, 0.15) is 36.3 Å². The topological polar surface area (TPSA) is 103 Å². The Bertz CT molecular complexity index is 1200. The number of hydrogen-bond acceptors (Lipinski definition) is 5. The van der Waals surface area contributed by atoms with Gasteiger partial charge >= 0.3 is 12.1 Å². The summed E-state index contributed by atoms with van der Waals surface area (Å²) in [5, 5.41) is 32.8. The van der Waals surface area contributed by atoms with E-state index in [0.29, 0.717) is 5.39 Å². The van der Waals surface area contributed by atoms with Gasteiger partial charge in [0.2, 0.25) is 0 Å². The zero-order valence-corrected chi connectivity index (χ0v) is 17.7. The molecule has 0 aliphatic heterocycles. The number of hydrogen-bond donors (Lipinski definition) is 4. The van der Waals surface area contributed by atoms with Gasteiger partial charge in [0.25, 0.3) is 0 Å². The van der Waals surface area contributed by atoms with Crippen LogP contribution in [0.25, 0.3) is 10.9 Å². The van der Waals surface area contributed by atoms with Crippen molar-refractivity contribution in [2.45, 2.75) is 37.5 Å². The van der Waals surface area contributed by atoms with E-state index >= 15 is 0 Å². The molecule has 0 radical (unpaired) electrons. The minimum atomic E-state index is -5.06. The lowest BCUT2D eigenvalue weighted by atomic mass is 9.74. The van der Waals surface area contributed by atoms with Crippen molar-refractivity contribution in [3.8, 4) is 5.75 Å². The third-order valence-corrected chi connectivity index (χ3v) is 5.47. The zero-order valence-electron chi connectivity index (χ0n) is 17.7. The SMILES string of the molecule is CC(C)(CC(O)(CNc1cccc2nc(C(=O)O)ccc12)C(F)(F)F)c1cc(F)ccc1O. The number of aromatic hydroxyl groups is 1. The number of carboxylic acids is 1. The van der Waals surface area contributed by atoms with Crippen LogP contribution in [0.15, 0.2) is 48.5 Å². The van der Waals surface area contributed by atoms with E-state index in [1.54, 1.807) is 0 Å². The number of fused-ring (bicyclic) bond motifs is 1. The number of aliphatic hydroxyl groups is 1. The van der Waals surface area contributed by atoms with E-state index in [9.17, 15) is 32.6 Å². The summed E-state index contributed by atoms with van der Waals surface area (Å²) in [5.41, 5.74) is -4.52. The molecule has 0 spiro atoms. The molecule has 0 saturated heterocycles. The van der Waals surface area contributed by atoms with Crippen LogP contribution in [0, 0.1) is 5.82 Å². The molecule has 0 fully saturated rings. The molecule has 1 heterocycles. The quantitative estimate of drug-likeness (QED) is 0.371. The smallest absolute Gasteiger partial charge is 0.418 e. The molecule has 4 N–H and O–H groups in total. The van der Waals surface area contributed by atoms with E-state index in [2.05, 4.69) is 10.3 Å². The first-order chi connectivity index (χ1) is 15.2. The maximum Gasteiger partial charge on any atom is 0.418 e. The Balaban J connectivity index is 1.93. The van der Waals surface area contributed by atoms with Crippen LogP contribution in [-0.2, 0) is 5.41 Å². The van der Waals surface area contributed by atoms with E-state index in [1.807, 2.05) is 0 Å². The van der Waals surface area contributed by atoms with Gasteiger partial charge in [-0.3, -0.25) is 0 Å². The number of rotatable bonds is 7. The summed E-state index contributed by atoms with van der Waals surface area (Å²) in [7, 11) is 0. The highest BCUT2D eigenvalue weighted by Gasteiger charge is 2.56. The molecule has 0 saturated carbocycles. The average molecular weight is 466 g/mol. The molecule has 1 aromatic heterocycles. The van der Waals surface area contributed by atoms with Crippen molar-refractivity contribution in [1.29, 1.82) is 0 Å². The van der Waals surface area contributed by atoms with Crippen LogP contribution in [0.4, 0.5) is 23.2 Å². The van der Waals surface area contributed by atoms with E-state index < -0.39 is 41.9 Å². The molecule has 3 rings (SSSR count). The summed E-state index contributed by atoms with van der Waals surface area (Å²) >= 11 is 0. The van der Waals surface area contributed by atoms with Crippen molar-refractivity contribution < 1.29 is 37.7 Å². The highest BCUT2D eigenvalue weighted by Crippen LogP contribution is 2.43. The first kappa shape index (κ1) is 24.2. The monoisotopic (exact) mass is 466 g/mol.